The molecule has 0 radical (unpaired) electrons. The van der Waals surface area contributed by atoms with Crippen LogP contribution in [0.25, 0.3) is 0 Å². The number of hydrogen-bond acceptors (Lipinski definition) is 3. The van der Waals surface area contributed by atoms with Crippen molar-refractivity contribution >= 4 is 5.91 Å². The van der Waals surface area contributed by atoms with Crippen molar-refractivity contribution in [1.82, 2.24) is 20.8 Å². The number of aromatic nitrogens is 2. The lowest BCUT2D eigenvalue weighted by Crippen LogP contribution is -2.42. The van der Waals surface area contributed by atoms with Crippen LogP contribution in [0.3, 0.4) is 0 Å². The monoisotopic (exact) mass is 304 g/mol. The number of aromatic amines is 1. The molecule has 0 spiro atoms. The summed E-state index contributed by atoms with van der Waals surface area (Å²) in [5, 5.41) is 12.0. The summed E-state index contributed by atoms with van der Waals surface area (Å²) in [6, 6.07) is 1.42. The van der Waals surface area contributed by atoms with Crippen LogP contribution in [0.15, 0.2) is 12.3 Å². The van der Waals surface area contributed by atoms with Crippen molar-refractivity contribution in [2.75, 3.05) is 13.1 Å². The van der Waals surface area contributed by atoms with Gasteiger partial charge in [-0.3, -0.25) is 9.89 Å². The number of H-pyrrole nitrogens is 1. The molecule has 118 valence electrons. The van der Waals surface area contributed by atoms with Gasteiger partial charge in [0.2, 0.25) is 0 Å². The average Bonchev–Trinajstić information content (AvgIpc) is 2.97. The van der Waals surface area contributed by atoms with E-state index in [0.29, 0.717) is 25.2 Å². The van der Waals surface area contributed by atoms with Crippen molar-refractivity contribution in [1.29, 1.82) is 0 Å². The molecule has 2 rings (SSSR count). The molecule has 1 aliphatic rings. The van der Waals surface area contributed by atoms with E-state index in [-0.39, 0.29) is 24.8 Å². The van der Waals surface area contributed by atoms with Gasteiger partial charge in [-0.1, -0.05) is 6.42 Å². The summed E-state index contributed by atoms with van der Waals surface area (Å²) in [6.45, 7) is 0.820. The van der Waals surface area contributed by atoms with E-state index < -0.39 is 12.1 Å². The van der Waals surface area contributed by atoms with E-state index in [2.05, 4.69) is 20.8 Å². The van der Waals surface area contributed by atoms with Crippen LogP contribution in [0.1, 0.15) is 36.2 Å². The average molecular weight is 304 g/mol. The molecule has 1 aromatic rings. The zero-order chi connectivity index (χ0) is 15.3. The lowest BCUT2D eigenvalue weighted by atomic mass is 9.85. The van der Waals surface area contributed by atoms with Crippen molar-refractivity contribution < 1.29 is 18.0 Å². The molecule has 0 unspecified atom stereocenters. The van der Waals surface area contributed by atoms with Gasteiger partial charge in [-0.25, -0.2) is 0 Å². The van der Waals surface area contributed by atoms with Crippen LogP contribution < -0.4 is 10.6 Å². The molecule has 1 amide bonds. The van der Waals surface area contributed by atoms with Gasteiger partial charge in [0.05, 0.1) is 5.92 Å². The molecule has 3 N–H and O–H groups in total. The van der Waals surface area contributed by atoms with E-state index in [1.807, 2.05) is 0 Å². The molecule has 1 aromatic heterocycles. The highest BCUT2D eigenvalue weighted by Gasteiger charge is 2.41. The molecule has 21 heavy (non-hydrogen) atoms. The zero-order valence-corrected chi connectivity index (χ0v) is 11.5. The highest BCUT2D eigenvalue weighted by Crippen LogP contribution is 2.37. The van der Waals surface area contributed by atoms with E-state index in [1.165, 1.54) is 6.20 Å². The Morgan fingerprint density at radius 1 is 1.38 bits per heavy atom. The topological polar surface area (TPSA) is 69.8 Å². The Kier molecular flexibility index (Phi) is 5.22. The number of carbonyl (C=O) groups is 1. The predicted octanol–water partition coefficient (Wildman–Crippen LogP) is 1.85. The van der Waals surface area contributed by atoms with Gasteiger partial charge in [-0.15, -0.1) is 0 Å². The SMILES string of the molecule is O=C(NCCN[C@H]1CCC[C@H](C(F)(F)F)C1)c1ccn[nH]1. The highest BCUT2D eigenvalue weighted by molar-refractivity contribution is 5.92. The smallest absolute Gasteiger partial charge is 0.349 e. The molecule has 1 aliphatic carbocycles. The molecular formula is C13H19F3N4O. The van der Waals surface area contributed by atoms with E-state index in [4.69, 9.17) is 0 Å². The second-order valence-corrected chi connectivity index (χ2v) is 5.28. The fourth-order valence-corrected chi connectivity index (χ4v) is 2.60. The normalized spacial score (nSPS) is 23.0. The lowest BCUT2D eigenvalue weighted by Gasteiger charge is -2.31. The maximum Gasteiger partial charge on any atom is 0.391 e. The van der Waals surface area contributed by atoms with Gasteiger partial charge in [0.1, 0.15) is 5.69 Å². The summed E-state index contributed by atoms with van der Waals surface area (Å²) in [6.07, 6.45) is -0.943. The van der Waals surface area contributed by atoms with Crippen LogP contribution in [0, 0.1) is 5.92 Å². The molecule has 5 nitrogen and oxygen atoms in total. The Morgan fingerprint density at radius 3 is 2.86 bits per heavy atom. The molecule has 2 atom stereocenters. The minimum Gasteiger partial charge on any atom is -0.349 e. The number of alkyl halides is 3. The molecule has 1 heterocycles. The molecule has 1 saturated carbocycles. The third-order valence-electron chi connectivity index (χ3n) is 3.73. The number of nitrogens with one attached hydrogen (secondary N) is 3. The summed E-state index contributed by atoms with van der Waals surface area (Å²) >= 11 is 0. The number of carbonyl (C=O) groups excluding carboxylic acids is 1. The fraction of sp³-hybridized carbons (Fsp3) is 0.692. The number of rotatable bonds is 5. The van der Waals surface area contributed by atoms with Gasteiger partial charge >= 0.3 is 6.18 Å². The predicted molar refractivity (Wildman–Crippen MR) is 70.7 cm³/mol. The van der Waals surface area contributed by atoms with E-state index in [0.717, 1.165) is 6.42 Å². The maximum atomic E-state index is 12.7. The molecule has 0 saturated heterocycles. The standard InChI is InChI=1S/C13H19F3N4O/c14-13(15,16)9-2-1-3-10(8-9)17-6-7-18-12(21)11-4-5-19-20-11/h4-5,9-10,17H,1-3,6-8H2,(H,18,21)(H,19,20)/t9-,10-/m0/s1. The van der Waals surface area contributed by atoms with Crippen molar-refractivity contribution in [2.24, 2.45) is 5.92 Å². The first kappa shape index (κ1) is 15.8. The van der Waals surface area contributed by atoms with Crippen LogP contribution in [0.4, 0.5) is 13.2 Å². The molecule has 1 fully saturated rings. The Balaban J connectivity index is 1.65. The molecule has 0 bridgehead atoms. The van der Waals surface area contributed by atoms with E-state index >= 15 is 0 Å². The van der Waals surface area contributed by atoms with Gasteiger partial charge in [-0.05, 0) is 25.3 Å². The summed E-state index contributed by atoms with van der Waals surface area (Å²) in [5.41, 5.74) is 0.366. The third kappa shape index (κ3) is 4.73. The molecular weight excluding hydrogens is 285 g/mol. The van der Waals surface area contributed by atoms with Gasteiger partial charge in [0.25, 0.3) is 5.91 Å². The van der Waals surface area contributed by atoms with Crippen LogP contribution in [0.2, 0.25) is 0 Å². The van der Waals surface area contributed by atoms with Gasteiger partial charge in [0.15, 0.2) is 0 Å². The summed E-state index contributed by atoms with van der Waals surface area (Å²) < 4.78 is 38.0. The Bertz CT molecular complexity index is 447. The molecule has 0 aromatic carbocycles. The number of hydrogen-bond donors (Lipinski definition) is 3. The second-order valence-electron chi connectivity index (χ2n) is 5.28. The van der Waals surface area contributed by atoms with Gasteiger partial charge in [0, 0.05) is 25.3 Å². The van der Waals surface area contributed by atoms with Crippen LogP contribution in [-0.2, 0) is 0 Å². The summed E-state index contributed by atoms with van der Waals surface area (Å²) in [4.78, 5) is 11.6. The van der Waals surface area contributed by atoms with Crippen LogP contribution >= 0.6 is 0 Å². The van der Waals surface area contributed by atoms with Crippen molar-refractivity contribution in [2.45, 2.75) is 37.9 Å². The first-order valence-corrected chi connectivity index (χ1v) is 7.04. The summed E-state index contributed by atoms with van der Waals surface area (Å²) in [7, 11) is 0. The quantitative estimate of drug-likeness (QED) is 0.727. The van der Waals surface area contributed by atoms with Crippen molar-refractivity contribution in [3.05, 3.63) is 18.0 Å². The number of nitrogens with zero attached hydrogens (tertiary/aromatic N) is 1. The van der Waals surface area contributed by atoms with Crippen LogP contribution in [0.5, 0.6) is 0 Å². The number of halogens is 3. The van der Waals surface area contributed by atoms with Crippen molar-refractivity contribution in [3.63, 3.8) is 0 Å². The minimum atomic E-state index is -4.10. The fourth-order valence-electron chi connectivity index (χ4n) is 2.60. The lowest BCUT2D eigenvalue weighted by molar-refractivity contribution is -0.183. The van der Waals surface area contributed by atoms with Crippen LogP contribution in [-0.4, -0.2) is 41.4 Å². The van der Waals surface area contributed by atoms with Gasteiger partial charge in [-0.2, -0.15) is 18.3 Å². The maximum absolute atomic E-state index is 12.7. The minimum absolute atomic E-state index is 0.123. The second kappa shape index (κ2) is 6.93. The Hall–Kier alpha value is -1.57. The Labute approximate surface area is 120 Å². The highest BCUT2D eigenvalue weighted by atomic mass is 19.4. The Morgan fingerprint density at radius 2 is 2.19 bits per heavy atom. The third-order valence-corrected chi connectivity index (χ3v) is 3.73. The summed E-state index contributed by atoms with van der Waals surface area (Å²) in [5.74, 6) is -1.48. The largest absolute Gasteiger partial charge is 0.391 e. The molecule has 0 aliphatic heterocycles. The van der Waals surface area contributed by atoms with Gasteiger partial charge < -0.3 is 10.6 Å². The molecule has 8 heteroatoms. The zero-order valence-electron chi connectivity index (χ0n) is 11.5. The van der Waals surface area contributed by atoms with E-state index in [9.17, 15) is 18.0 Å². The number of amides is 1. The van der Waals surface area contributed by atoms with E-state index in [1.54, 1.807) is 6.07 Å². The van der Waals surface area contributed by atoms with Crippen molar-refractivity contribution in [3.8, 4) is 0 Å². The first-order chi connectivity index (χ1) is 9.97. The first-order valence-electron chi connectivity index (χ1n) is 7.04.